The van der Waals surface area contributed by atoms with E-state index < -0.39 is 0 Å². The molecule has 0 saturated carbocycles. The van der Waals surface area contributed by atoms with Gasteiger partial charge >= 0.3 is 0 Å². The van der Waals surface area contributed by atoms with Crippen molar-refractivity contribution in [1.29, 1.82) is 0 Å². The van der Waals surface area contributed by atoms with Crippen LogP contribution in [-0.4, -0.2) is 12.6 Å². The summed E-state index contributed by atoms with van der Waals surface area (Å²) in [6.45, 7) is 0.806. The fourth-order valence-electron chi connectivity index (χ4n) is 3.32. The standard InChI is InChI=1S/C28H24ClO4P/c1-31-24-14-8-13-23(29)27(24)28(30)34-26-16-15-22(32-18-20-9-4-2-5-10-20)17-25(26)33-19-21-11-6-3-7-12-21/h2-17,30H,18-19H2,1H3/p-1. The summed E-state index contributed by atoms with van der Waals surface area (Å²) in [5, 5.41) is 14.2. The third-order valence-corrected chi connectivity index (χ3v) is 6.40. The maximum atomic E-state index is 13.2. The van der Waals surface area contributed by atoms with Crippen LogP contribution in [0.3, 0.4) is 0 Å². The summed E-state index contributed by atoms with van der Waals surface area (Å²) in [4.78, 5) is 0. The van der Waals surface area contributed by atoms with Crippen LogP contribution in [0.5, 0.6) is 17.2 Å². The summed E-state index contributed by atoms with van der Waals surface area (Å²) in [7, 11) is 1.94. The van der Waals surface area contributed by atoms with Crippen LogP contribution < -0.4 is 24.6 Å². The monoisotopic (exact) mass is 489 g/mol. The molecule has 172 valence electrons. The van der Waals surface area contributed by atoms with Gasteiger partial charge in [0, 0.05) is 16.9 Å². The predicted molar refractivity (Wildman–Crippen MR) is 137 cm³/mol. The molecule has 0 aliphatic carbocycles. The molecule has 0 saturated heterocycles. The van der Waals surface area contributed by atoms with E-state index in [1.54, 1.807) is 18.2 Å². The smallest absolute Gasteiger partial charge is 0.135 e. The van der Waals surface area contributed by atoms with Gasteiger partial charge in [0.25, 0.3) is 0 Å². The molecule has 0 atom stereocenters. The highest BCUT2D eigenvalue weighted by atomic mass is 35.5. The zero-order valence-electron chi connectivity index (χ0n) is 18.6. The first-order valence-corrected chi connectivity index (χ1v) is 12.0. The van der Waals surface area contributed by atoms with Crippen molar-refractivity contribution < 1.29 is 19.3 Å². The van der Waals surface area contributed by atoms with E-state index >= 15 is 0 Å². The van der Waals surface area contributed by atoms with Crippen LogP contribution in [0.15, 0.2) is 97.1 Å². The number of methoxy groups -OCH3 is 1. The molecule has 0 spiro atoms. The van der Waals surface area contributed by atoms with Gasteiger partial charge in [0.15, 0.2) is 0 Å². The highest BCUT2D eigenvalue weighted by Gasteiger charge is 2.10. The van der Waals surface area contributed by atoms with Crippen LogP contribution >= 0.6 is 19.8 Å². The lowest BCUT2D eigenvalue weighted by Gasteiger charge is -2.18. The largest absolute Gasteiger partial charge is 0.823 e. The van der Waals surface area contributed by atoms with E-state index in [4.69, 9.17) is 25.8 Å². The van der Waals surface area contributed by atoms with Crippen molar-refractivity contribution in [3.8, 4) is 17.2 Å². The molecule has 0 aliphatic heterocycles. The van der Waals surface area contributed by atoms with E-state index in [0.29, 0.717) is 49.3 Å². The first kappa shape index (κ1) is 23.8. The fraction of sp³-hybridized carbons (Fsp3) is 0.107. The lowest BCUT2D eigenvalue weighted by atomic mass is 10.2. The molecular weight excluding hydrogens is 467 g/mol. The Hall–Kier alpha value is -3.30. The molecule has 0 fully saturated rings. The first-order chi connectivity index (χ1) is 16.6. The van der Waals surface area contributed by atoms with Gasteiger partial charge in [-0.1, -0.05) is 92.0 Å². The van der Waals surface area contributed by atoms with Gasteiger partial charge in [0.2, 0.25) is 0 Å². The van der Waals surface area contributed by atoms with Gasteiger partial charge in [-0.05, 0) is 35.4 Å². The lowest BCUT2D eigenvalue weighted by Crippen LogP contribution is -2.19. The minimum atomic E-state index is -0.176. The summed E-state index contributed by atoms with van der Waals surface area (Å²) in [6.07, 6.45) is 0. The molecule has 0 radical (unpaired) electrons. The van der Waals surface area contributed by atoms with Gasteiger partial charge in [-0.3, -0.25) is 0 Å². The molecular formula is C28H23ClO4P-. The van der Waals surface area contributed by atoms with Crippen molar-refractivity contribution >= 4 is 30.6 Å². The zero-order valence-corrected chi connectivity index (χ0v) is 20.3. The zero-order chi connectivity index (χ0) is 23.8. The summed E-state index contributed by atoms with van der Waals surface area (Å²) in [5.41, 5.74) is 2.27. The number of hydrogen-bond acceptors (Lipinski definition) is 4. The maximum Gasteiger partial charge on any atom is 0.135 e. The third-order valence-electron chi connectivity index (χ3n) is 5.05. The van der Waals surface area contributed by atoms with E-state index in [1.807, 2.05) is 78.9 Å². The number of rotatable bonds is 9. The molecule has 0 aliphatic rings. The Morgan fingerprint density at radius 2 is 1.41 bits per heavy atom. The molecule has 34 heavy (non-hydrogen) atoms. The normalized spacial score (nSPS) is 11.2. The molecule has 4 nitrogen and oxygen atoms in total. The molecule has 4 aromatic rings. The predicted octanol–water partition coefficient (Wildman–Crippen LogP) is 5.62. The third kappa shape index (κ3) is 6.18. The Morgan fingerprint density at radius 1 is 0.765 bits per heavy atom. The topological polar surface area (TPSA) is 50.8 Å². The average molecular weight is 490 g/mol. The molecule has 0 N–H and O–H groups in total. The first-order valence-electron chi connectivity index (χ1n) is 10.7. The SMILES string of the molecule is COc1cccc(Cl)c1C([O-])=Pc1ccc(OCc2ccccc2)cc1OCc1ccccc1. The van der Waals surface area contributed by atoms with Crippen LogP contribution in [0.2, 0.25) is 5.02 Å². The van der Waals surface area contributed by atoms with Gasteiger partial charge < -0.3 is 19.3 Å². The molecule has 0 amide bonds. The highest BCUT2D eigenvalue weighted by Crippen LogP contribution is 2.29. The van der Waals surface area contributed by atoms with Crippen LogP contribution in [0.1, 0.15) is 16.7 Å². The molecule has 0 heterocycles. The molecule has 6 heteroatoms. The van der Waals surface area contributed by atoms with Crippen LogP contribution in [0.25, 0.3) is 0 Å². The van der Waals surface area contributed by atoms with E-state index in [2.05, 4.69) is 0 Å². The Morgan fingerprint density at radius 3 is 2.06 bits per heavy atom. The van der Waals surface area contributed by atoms with Crippen LogP contribution in [0, 0.1) is 0 Å². The van der Waals surface area contributed by atoms with Crippen LogP contribution in [0.4, 0.5) is 0 Å². The molecule has 4 rings (SSSR count). The summed E-state index contributed by atoms with van der Waals surface area (Å²) < 4.78 is 17.5. The quantitative estimate of drug-likeness (QED) is 0.286. The highest BCUT2D eigenvalue weighted by molar-refractivity contribution is 7.49. The molecule has 4 aromatic carbocycles. The van der Waals surface area contributed by atoms with Gasteiger partial charge in [0.05, 0.1) is 12.1 Å². The van der Waals surface area contributed by atoms with Gasteiger partial charge in [-0.15, -0.1) is 0 Å². The van der Waals surface area contributed by atoms with Gasteiger partial charge in [-0.2, -0.15) is 0 Å². The average Bonchev–Trinajstić information content (AvgIpc) is 2.88. The summed E-state index contributed by atoms with van der Waals surface area (Å²) >= 11 is 6.32. The lowest BCUT2D eigenvalue weighted by molar-refractivity contribution is -0.207. The Labute approximate surface area is 206 Å². The van der Waals surface area contributed by atoms with E-state index in [1.165, 1.54) is 7.11 Å². The second kappa shape index (κ2) is 11.7. The maximum absolute atomic E-state index is 13.2. The van der Waals surface area contributed by atoms with Gasteiger partial charge in [0.1, 0.15) is 30.5 Å². The second-order valence-corrected chi connectivity index (χ2v) is 8.93. The molecule has 0 bridgehead atoms. The van der Waals surface area contributed by atoms with E-state index in [0.717, 1.165) is 16.4 Å². The number of ether oxygens (including phenoxy) is 3. The molecule has 0 aromatic heterocycles. The minimum absolute atomic E-state index is 0.176. The number of hydrogen-bond donors (Lipinski definition) is 0. The van der Waals surface area contributed by atoms with Crippen molar-refractivity contribution in [3.63, 3.8) is 0 Å². The van der Waals surface area contributed by atoms with Crippen molar-refractivity contribution in [2.75, 3.05) is 7.11 Å². The number of halogens is 1. The van der Waals surface area contributed by atoms with Crippen molar-refractivity contribution in [1.82, 2.24) is 0 Å². The minimum Gasteiger partial charge on any atom is -0.823 e. The number of benzene rings is 4. The second-order valence-electron chi connectivity index (χ2n) is 7.41. The van der Waals surface area contributed by atoms with E-state index in [9.17, 15) is 5.11 Å². The fourth-order valence-corrected chi connectivity index (χ4v) is 4.58. The van der Waals surface area contributed by atoms with Crippen molar-refractivity contribution in [2.45, 2.75) is 13.2 Å². The van der Waals surface area contributed by atoms with Gasteiger partial charge in [-0.25, -0.2) is 0 Å². The Kier molecular flexibility index (Phi) is 8.21. The van der Waals surface area contributed by atoms with Crippen molar-refractivity contribution in [3.05, 3.63) is 119 Å². The summed E-state index contributed by atoms with van der Waals surface area (Å²) in [6, 6.07) is 30.5. The molecule has 0 unspecified atom stereocenters. The summed E-state index contributed by atoms with van der Waals surface area (Å²) in [5.74, 6) is 1.68. The van der Waals surface area contributed by atoms with Crippen LogP contribution in [-0.2, 0) is 13.2 Å². The van der Waals surface area contributed by atoms with E-state index in [-0.39, 0.29) is 5.48 Å². The van der Waals surface area contributed by atoms with Crippen molar-refractivity contribution in [2.24, 2.45) is 0 Å². The Bertz CT molecular complexity index is 1260. The Balaban J connectivity index is 1.64.